The number of carbonyl (C=O) groups is 2. The zero-order valence-corrected chi connectivity index (χ0v) is 17.1. The molecule has 3 rings (SSSR count). The van der Waals surface area contributed by atoms with Gasteiger partial charge in [-0.05, 0) is 38.7 Å². The second kappa shape index (κ2) is 7.99. The topological polar surface area (TPSA) is 77.1 Å². The highest BCUT2D eigenvalue weighted by molar-refractivity contribution is 5.71. The van der Waals surface area contributed by atoms with E-state index in [-0.39, 0.29) is 18.6 Å². The van der Waals surface area contributed by atoms with E-state index in [2.05, 4.69) is 12.2 Å². The van der Waals surface area contributed by atoms with E-state index >= 15 is 0 Å². The monoisotopic (exact) mass is 390 g/mol. The number of amides is 2. The normalized spacial score (nSPS) is 27.1. The van der Waals surface area contributed by atoms with E-state index in [0.717, 1.165) is 12.0 Å². The SMILES string of the molecule is CC1CCOC12CN(C(=O)OCc1ccccc1)CC2NC(=O)OC(C)(C)C. The van der Waals surface area contributed by atoms with Crippen LogP contribution in [0.2, 0.25) is 0 Å². The number of ether oxygens (including phenoxy) is 3. The lowest BCUT2D eigenvalue weighted by molar-refractivity contribution is -0.0296. The number of nitrogens with one attached hydrogen (secondary N) is 1. The number of rotatable bonds is 3. The van der Waals surface area contributed by atoms with E-state index in [1.54, 1.807) is 4.90 Å². The Bertz CT molecular complexity index is 702. The molecule has 3 unspecified atom stereocenters. The summed E-state index contributed by atoms with van der Waals surface area (Å²) in [5.74, 6) is 0.208. The molecule has 1 spiro atoms. The Morgan fingerprint density at radius 3 is 2.61 bits per heavy atom. The van der Waals surface area contributed by atoms with E-state index < -0.39 is 23.4 Å². The maximum atomic E-state index is 12.6. The van der Waals surface area contributed by atoms with Crippen LogP contribution in [0.25, 0.3) is 0 Å². The first-order valence-electron chi connectivity index (χ1n) is 9.79. The van der Waals surface area contributed by atoms with Crippen molar-refractivity contribution in [3.63, 3.8) is 0 Å². The maximum absolute atomic E-state index is 12.6. The highest BCUT2D eigenvalue weighted by Crippen LogP contribution is 2.40. The van der Waals surface area contributed by atoms with Gasteiger partial charge in [-0.2, -0.15) is 0 Å². The fourth-order valence-corrected chi connectivity index (χ4v) is 3.87. The molecule has 2 aliphatic heterocycles. The summed E-state index contributed by atoms with van der Waals surface area (Å²) in [6, 6.07) is 9.21. The van der Waals surface area contributed by atoms with Gasteiger partial charge in [0.15, 0.2) is 0 Å². The summed E-state index contributed by atoms with van der Waals surface area (Å²) in [7, 11) is 0. The number of benzene rings is 1. The summed E-state index contributed by atoms with van der Waals surface area (Å²) in [5, 5.41) is 2.92. The van der Waals surface area contributed by atoms with Crippen molar-refractivity contribution in [3.05, 3.63) is 35.9 Å². The summed E-state index contributed by atoms with van der Waals surface area (Å²) in [6.07, 6.45) is -0.0159. The molecule has 7 nitrogen and oxygen atoms in total. The van der Waals surface area contributed by atoms with Gasteiger partial charge >= 0.3 is 12.2 Å². The molecule has 1 N–H and O–H groups in total. The Balaban J connectivity index is 1.66. The summed E-state index contributed by atoms with van der Waals surface area (Å²) in [4.78, 5) is 26.6. The van der Waals surface area contributed by atoms with Gasteiger partial charge in [-0.25, -0.2) is 9.59 Å². The molecule has 3 atom stereocenters. The maximum Gasteiger partial charge on any atom is 0.410 e. The largest absolute Gasteiger partial charge is 0.445 e. The molecule has 2 fully saturated rings. The van der Waals surface area contributed by atoms with Crippen molar-refractivity contribution in [3.8, 4) is 0 Å². The molecule has 2 aliphatic rings. The summed E-state index contributed by atoms with van der Waals surface area (Å²) >= 11 is 0. The molecule has 2 heterocycles. The van der Waals surface area contributed by atoms with Crippen molar-refractivity contribution in [2.45, 2.75) is 58.0 Å². The lowest BCUT2D eigenvalue weighted by Gasteiger charge is -2.34. The smallest absolute Gasteiger partial charge is 0.410 e. The van der Waals surface area contributed by atoms with Gasteiger partial charge in [-0.3, -0.25) is 0 Å². The van der Waals surface area contributed by atoms with Gasteiger partial charge in [0, 0.05) is 13.2 Å². The second-order valence-corrected chi connectivity index (χ2v) is 8.61. The number of likely N-dealkylation sites (tertiary alicyclic amines) is 1. The molecule has 0 aromatic heterocycles. The minimum Gasteiger partial charge on any atom is -0.445 e. The van der Waals surface area contributed by atoms with Crippen LogP contribution in [-0.2, 0) is 20.8 Å². The van der Waals surface area contributed by atoms with Crippen LogP contribution in [-0.4, -0.2) is 54.0 Å². The van der Waals surface area contributed by atoms with E-state index in [0.29, 0.717) is 19.7 Å². The molecule has 0 saturated carbocycles. The molecule has 0 aliphatic carbocycles. The number of carbonyl (C=O) groups excluding carboxylic acids is 2. The van der Waals surface area contributed by atoms with Crippen LogP contribution in [0, 0.1) is 5.92 Å². The first-order chi connectivity index (χ1) is 13.2. The van der Waals surface area contributed by atoms with Gasteiger partial charge < -0.3 is 24.4 Å². The second-order valence-electron chi connectivity index (χ2n) is 8.61. The van der Waals surface area contributed by atoms with Crippen molar-refractivity contribution < 1.29 is 23.8 Å². The van der Waals surface area contributed by atoms with Crippen LogP contribution in [0.3, 0.4) is 0 Å². The van der Waals surface area contributed by atoms with Crippen LogP contribution in [0.1, 0.15) is 39.7 Å². The number of hydrogen-bond donors (Lipinski definition) is 1. The van der Waals surface area contributed by atoms with E-state index in [9.17, 15) is 9.59 Å². The zero-order chi connectivity index (χ0) is 20.4. The fraction of sp³-hybridized carbons (Fsp3) is 0.619. The molecular formula is C21H30N2O5. The molecule has 154 valence electrons. The van der Waals surface area contributed by atoms with Crippen LogP contribution >= 0.6 is 0 Å². The number of alkyl carbamates (subject to hydrolysis) is 1. The molecule has 7 heteroatoms. The molecule has 1 aromatic rings. The van der Waals surface area contributed by atoms with E-state index in [1.165, 1.54) is 0 Å². The Morgan fingerprint density at radius 1 is 1.29 bits per heavy atom. The van der Waals surface area contributed by atoms with Gasteiger partial charge in [-0.1, -0.05) is 37.3 Å². The highest BCUT2D eigenvalue weighted by Gasteiger charge is 2.56. The fourth-order valence-electron chi connectivity index (χ4n) is 3.87. The lowest BCUT2D eigenvalue weighted by Crippen LogP contribution is -2.55. The van der Waals surface area contributed by atoms with Crippen molar-refractivity contribution in [1.29, 1.82) is 0 Å². The molecule has 2 amide bonds. The Hall–Kier alpha value is -2.28. The third kappa shape index (κ3) is 4.58. The predicted octanol–water partition coefficient (Wildman–Crippen LogP) is 3.33. The van der Waals surface area contributed by atoms with Crippen LogP contribution < -0.4 is 5.32 Å². The third-order valence-corrected chi connectivity index (χ3v) is 5.34. The molecular weight excluding hydrogens is 360 g/mol. The molecule has 1 aromatic carbocycles. The molecule has 0 bridgehead atoms. The Kier molecular flexibility index (Phi) is 5.84. The number of nitrogens with zero attached hydrogens (tertiary/aromatic N) is 1. The predicted molar refractivity (Wildman–Crippen MR) is 104 cm³/mol. The molecule has 2 saturated heterocycles. The van der Waals surface area contributed by atoms with Gasteiger partial charge in [0.25, 0.3) is 0 Å². The van der Waals surface area contributed by atoms with Gasteiger partial charge in [0.1, 0.15) is 17.8 Å². The highest BCUT2D eigenvalue weighted by atomic mass is 16.6. The van der Waals surface area contributed by atoms with Gasteiger partial charge in [-0.15, -0.1) is 0 Å². The minimum atomic E-state index is -0.608. The third-order valence-electron chi connectivity index (χ3n) is 5.34. The summed E-state index contributed by atoms with van der Waals surface area (Å²) < 4.78 is 17.0. The van der Waals surface area contributed by atoms with Crippen molar-refractivity contribution >= 4 is 12.2 Å². The quantitative estimate of drug-likeness (QED) is 0.857. The Labute approximate surface area is 166 Å². The first-order valence-corrected chi connectivity index (χ1v) is 9.79. The van der Waals surface area contributed by atoms with Crippen LogP contribution in [0.5, 0.6) is 0 Å². The van der Waals surface area contributed by atoms with Crippen LogP contribution in [0.15, 0.2) is 30.3 Å². The van der Waals surface area contributed by atoms with E-state index in [1.807, 2.05) is 51.1 Å². The first kappa shape index (κ1) is 20.5. The Morgan fingerprint density at radius 2 is 2.00 bits per heavy atom. The minimum absolute atomic E-state index is 0.208. The van der Waals surface area contributed by atoms with Gasteiger partial charge in [0.05, 0.1) is 12.6 Å². The lowest BCUT2D eigenvalue weighted by atomic mass is 9.85. The summed E-state index contributed by atoms with van der Waals surface area (Å²) in [6.45, 7) is 9.09. The van der Waals surface area contributed by atoms with Gasteiger partial charge in [0.2, 0.25) is 0 Å². The van der Waals surface area contributed by atoms with Crippen molar-refractivity contribution in [1.82, 2.24) is 10.2 Å². The average Bonchev–Trinajstić information content (AvgIpc) is 3.17. The molecule has 28 heavy (non-hydrogen) atoms. The standard InChI is InChI=1S/C21H30N2O5/c1-15-10-11-27-21(15)14-23(12-17(21)22-18(24)28-20(2,3)4)19(25)26-13-16-8-6-5-7-9-16/h5-9,15,17H,10-14H2,1-4H3,(H,22,24). The molecule has 0 radical (unpaired) electrons. The number of hydrogen-bond acceptors (Lipinski definition) is 5. The van der Waals surface area contributed by atoms with Crippen molar-refractivity contribution in [2.75, 3.05) is 19.7 Å². The zero-order valence-electron chi connectivity index (χ0n) is 17.1. The van der Waals surface area contributed by atoms with Crippen LogP contribution in [0.4, 0.5) is 9.59 Å². The average molecular weight is 390 g/mol. The van der Waals surface area contributed by atoms with Crippen molar-refractivity contribution in [2.24, 2.45) is 5.92 Å². The summed E-state index contributed by atoms with van der Waals surface area (Å²) in [5.41, 5.74) is -0.270. The van der Waals surface area contributed by atoms with E-state index in [4.69, 9.17) is 14.2 Å².